The first kappa shape index (κ1) is 16.9. The summed E-state index contributed by atoms with van der Waals surface area (Å²) >= 11 is 10.6. The SMILES string of the molecule is O=C1NC(=S)NC(=O)C1=Cc1ccc(-c2ccc(C(=O)[O-])c(Cl)c2)o1. The molecule has 1 saturated heterocycles. The largest absolute Gasteiger partial charge is 0.545 e. The number of halogens is 1. The number of hydrogen-bond donors (Lipinski definition) is 2. The molecular formula is C16H8ClN2O5S-. The molecule has 1 aromatic heterocycles. The summed E-state index contributed by atoms with van der Waals surface area (Å²) in [6.45, 7) is 0. The first-order valence-corrected chi connectivity index (χ1v) is 7.63. The molecule has 1 aromatic carbocycles. The molecule has 0 unspecified atom stereocenters. The van der Waals surface area contributed by atoms with Crippen LogP contribution in [0.5, 0.6) is 0 Å². The van der Waals surface area contributed by atoms with Crippen LogP contribution in [0.25, 0.3) is 17.4 Å². The quantitative estimate of drug-likeness (QED) is 0.468. The third-order valence-corrected chi connectivity index (χ3v) is 3.85. The summed E-state index contributed by atoms with van der Waals surface area (Å²) in [6, 6.07) is 7.37. The van der Waals surface area contributed by atoms with E-state index in [-0.39, 0.29) is 27.0 Å². The number of furan rings is 1. The summed E-state index contributed by atoms with van der Waals surface area (Å²) in [4.78, 5) is 34.5. The van der Waals surface area contributed by atoms with E-state index in [1.54, 1.807) is 12.1 Å². The maximum absolute atomic E-state index is 11.8. The van der Waals surface area contributed by atoms with Gasteiger partial charge in [0.1, 0.15) is 17.1 Å². The number of carboxylic acid groups (broad SMARTS) is 1. The second kappa shape index (κ2) is 6.50. The van der Waals surface area contributed by atoms with Crippen LogP contribution in [0.15, 0.2) is 40.3 Å². The number of carbonyl (C=O) groups excluding carboxylic acids is 3. The summed E-state index contributed by atoms with van der Waals surface area (Å²) in [5.74, 6) is -2.01. The lowest BCUT2D eigenvalue weighted by Crippen LogP contribution is -2.51. The Morgan fingerprint density at radius 1 is 1.16 bits per heavy atom. The first-order chi connectivity index (χ1) is 11.8. The molecule has 2 aromatic rings. The third kappa shape index (κ3) is 3.44. The van der Waals surface area contributed by atoms with Crippen LogP contribution >= 0.6 is 23.8 Å². The fraction of sp³-hybridized carbons (Fsp3) is 0. The predicted octanol–water partition coefficient (Wildman–Crippen LogP) is 0.878. The van der Waals surface area contributed by atoms with E-state index in [0.717, 1.165) is 0 Å². The molecule has 1 aliphatic heterocycles. The minimum Gasteiger partial charge on any atom is -0.545 e. The van der Waals surface area contributed by atoms with Crippen molar-refractivity contribution >= 4 is 52.8 Å². The minimum atomic E-state index is -1.38. The highest BCUT2D eigenvalue weighted by atomic mass is 35.5. The molecular weight excluding hydrogens is 368 g/mol. The molecule has 7 nitrogen and oxygen atoms in total. The molecule has 0 bridgehead atoms. The van der Waals surface area contributed by atoms with Crippen LogP contribution in [0.4, 0.5) is 0 Å². The van der Waals surface area contributed by atoms with Crippen molar-refractivity contribution in [2.24, 2.45) is 0 Å². The fourth-order valence-corrected chi connectivity index (χ4v) is 2.61. The Morgan fingerprint density at radius 3 is 2.44 bits per heavy atom. The van der Waals surface area contributed by atoms with E-state index in [1.165, 1.54) is 24.3 Å². The van der Waals surface area contributed by atoms with Gasteiger partial charge in [-0.1, -0.05) is 23.7 Å². The molecule has 2 N–H and O–H groups in total. The van der Waals surface area contributed by atoms with Gasteiger partial charge < -0.3 is 14.3 Å². The number of benzene rings is 1. The zero-order valence-electron chi connectivity index (χ0n) is 12.3. The number of rotatable bonds is 3. The molecule has 0 atom stereocenters. The van der Waals surface area contributed by atoms with Gasteiger partial charge in [-0.3, -0.25) is 20.2 Å². The van der Waals surface area contributed by atoms with Crippen molar-refractivity contribution in [2.45, 2.75) is 0 Å². The molecule has 9 heteroatoms. The number of nitrogens with one attached hydrogen (secondary N) is 2. The summed E-state index contributed by atoms with van der Waals surface area (Å²) in [5, 5.41) is 15.4. The zero-order valence-corrected chi connectivity index (χ0v) is 13.9. The van der Waals surface area contributed by atoms with E-state index in [1.807, 2.05) is 0 Å². The van der Waals surface area contributed by atoms with E-state index in [4.69, 9.17) is 28.2 Å². The lowest BCUT2D eigenvalue weighted by molar-refractivity contribution is -0.255. The van der Waals surface area contributed by atoms with Crippen molar-refractivity contribution < 1.29 is 23.9 Å². The van der Waals surface area contributed by atoms with Crippen molar-refractivity contribution in [1.82, 2.24) is 10.6 Å². The lowest BCUT2D eigenvalue weighted by atomic mass is 10.1. The number of aromatic carboxylic acids is 1. The normalized spacial score (nSPS) is 14.1. The number of carboxylic acids is 1. The van der Waals surface area contributed by atoms with Gasteiger partial charge in [-0.25, -0.2) is 0 Å². The van der Waals surface area contributed by atoms with Crippen LogP contribution in [-0.2, 0) is 9.59 Å². The van der Waals surface area contributed by atoms with Crippen molar-refractivity contribution in [3.05, 3.63) is 52.3 Å². The summed E-state index contributed by atoms with van der Waals surface area (Å²) in [6.07, 6.45) is 1.27. The maximum atomic E-state index is 11.8. The average molecular weight is 376 g/mol. The highest BCUT2D eigenvalue weighted by Crippen LogP contribution is 2.28. The molecule has 25 heavy (non-hydrogen) atoms. The first-order valence-electron chi connectivity index (χ1n) is 6.84. The fourth-order valence-electron chi connectivity index (χ4n) is 2.17. The van der Waals surface area contributed by atoms with Crippen molar-refractivity contribution in [2.75, 3.05) is 0 Å². The minimum absolute atomic E-state index is 0.00773. The van der Waals surface area contributed by atoms with E-state index in [9.17, 15) is 19.5 Å². The molecule has 3 rings (SSSR count). The third-order valence-electron chi connectivity index (χ3n) is 3.33. The van der Waals surface area contributed by atoms with Gasteiger partial charge in [-0.05, 0) is 36.5 Å². The second-order valence-corrected chi connectivity index (χ2v) is 5.79. The Kier molecular flexibility index (Phi) is 4.39. The second-order valence-electron chi connectivity index (χ2n) is 4.98. The lowest BCUT2D eigenvalue weighted by Gasteiger charge is -2.15. The number of amides is 2. The van der Waals surface area contributed by atoms with Gasteiger partial charge in [0, 0.05) is 11.1 Å². The number of carbonyl (C=O) groups is 3. The Labute approximate surface area is 151 Å². The van der Waals surface area contributed by atoms with Crippen LogP contribution in [0.2, 0.25) is 5.02 Å². The van der Waals surface area contributed by atoms with Gasteiger partial charge in [0.15, 0.2) is 5.11 Å². The molecule has 1 aliphatic rings. The van der Waals surface area contributed by atoms with Crippen LogP contribution in [-0.4, -0.2) is 22.9 Å². The van der Waals surface area contributed by atoms with Crippen LogP contribution in [0, 0.1) is 0 Å². The van der Waals surface area contributed by atoms with Crippen molar-refractivity contribution in [3.63, 3.8) is 0 Å². The Morgan fingerprint density at radius 2 is 1.84 bits per heavy atom. The van der Waals surface area contributed by atoms with Crippen LogP contribution < -0.4 is 15.7 Å². The summed E-state index contributed by atoms with van der Waals surface area (Å²) in [5.41, 5.74) is 0.240. The molecule has 0 radical (unpaired) electrons. The van der Waals surface area contributed by atoms with Crippen molar-refractivity contribution in [3.8, 4) is 11.3 Å². The predicted molar refractivity (Wildman–Crippen MR) is 90.3 cm³/mol. The summed E-state index contributed by atoms with van der Waals surface area (Å²) < 4.78 is 5.56. The monoisotopic (exact) mass is 375 g/mol. The Bertz CT molecular complexity index is 941. The maximum Gasteiger partial charge on any atom is 0.263 e. The van der Waals surface area contributed by atoms with E-state index in [0.29, 0.717) is 11.3 Å². The molecule has 0 saturated carbocycles. The van der Waals surface area contributed by atoms with E-state index >= 15 is 0 Å². The van der Waals surface area contributed by atoms with E-state index in [2.05, 4.69) is 10.6 Å². The number of hydrogen-bond acceptors (Lipinski definition) is 6. The van der Waals surface area contributed by atoms with Crippen molar-refractivity contribution in [1.29, 1.82) is 0 Å². The van der Waals surface area contributed by atoms with Gasteiger partial charge in [-0.2, -0.15) is 0 Å². The van der Waals surface area contributed by atoms with E-state index < -0.39 is 17.8 Å². The zero-order chi connectivity index (χ0) is 18.1. The van der Waals surface area contributed by atoms with Gasteiger partial charge in [0.05, 0.1) is 11.0 Å². The Balaban J connectivity index is 1.90. The standard InChI is InChI=1S/C16H9ClN2O5S/c17-11-5-7(1-3-9(11)15(22)23)12-4-2-8(24-12)6-10-13(20)18-16(25)19-14(10)21/h1-6H,(H,22,23)(H2,18,19,20,21,25)/p-1. The molecule has 1 fully saturated rings. The van der Waals surface area contributed by atoms with Crippen LogP contribution in [0.1, 0.15) is 16.1 Å². The van der Waals surface area contributed by atoms with Gasteiger partial charge in [0.2, 0.25) is 0 Å². The average Bonchev–Trinajstić information content (AvgIpc) is 2.99. The topological polar surface area (TPSA) is 111 Å². The van der Waals surface area contributed by atoms with Gasteiger partial charge in [-0.15, -0.1) is 0 Å². The van der Waals surface area contributed by atoms with Crippen LogP contribution in [0.3, 0.4) is 0 Å². The molecule has 2 heterocycles. The van der Waals surface area contributed by atoms with Gasteiger partial charge in [0.25, 0.3) is 11.8 Å². The molecule has 0 spiro atoms. The smallest absolute Gasteiger partial charge is 0.263 e. The highest BCUT2D eigenvalue weighted by molar-refractivity contribution is 7.80. The molecule has 126 valence electrons. The molecule has 0 aliphatic carbocycles. The summed E-state index contributed by atoms with van der Waals surface area (Å²) in [7, 11) is 0. The molecule has 2 amide bonds. The van der Waals surface area contributed by atoms with Gasteiger partial charge >= 0.3 is 0 Å². The Hall–Kier alpha value is -2.97. The number of thiocarbonyl (C=S) groups is 1. The highest BCUT2D eigenvalue weighted by Gasteiger charge is 2.26.